The van der Waals surface area contributed by atoms with Crippen LogP contribution >= 0.6 is 0 Å². The highest BCUT2D eigenvalue weighted by Gasteiger charge is 2.54. The van der Waals surface area contributed by atoms with Crippen LogP contribution in [-0.4, -0.2) is 0 Å². The maximum absolute atomic E-state index is 2.55. The van der Waals surface area contributed by atoms with Crippen LogP contribution < -0.4 is 0 Å². The van der Waals surface area contributed by atoms with E-state index in [0.717, 1.165) is 17.8 Å². The molecule has 1 aliphatic carbocycles. The van der Waals surface area contributed by atoms with Crippen molar-refractivity contribution < 1.29 is 0 Å². The Morgan fingerprint density at radius 1 is 1.00 bits per heavy atom. The van der Waals surface area contributed by atoms with Gasteiger partial charge < -0.3 is 0 Å². The number of rotatable bonds is 5. The monoisotopic (exact) mass is 210 g/mol. The second kappa shape index (κ2) is 4.11. The summed E-state index contributed by atoms with van der Waals surface area (Å²) in [5.74, 6) is 2.58. The van der Waals surface area contributed by atoms with Gasteiger partial charge in [-0.3, -0.25) is 0 Å². The van der Waals surface area contributed by atoms with Gasteiger partial charge in [-0.1, -0.05) is 48.5 Å². The molecule has 0 spiro atoms. The molecule has 0 heteroatoms. The van der Waals surface area contributed by atoms with Gasteiger partial charge in [0.25, 0.3) is 0 Å². The Balaban J connectivity index is 3.05. The minimum Gasteiger partial charge on any atom is -0.0648 e. The molecule has 0 nitrogen and oxygen atoms in total. The van der Waals surface area contributed by atoms with Gasteiger partial charge in [0.15, 0.2) is 0 Å². The van der Waals surface area contributed by atoms with E-state index in [-0.39, 0.29) is 0 Å². The van der Waals surface area contributed by atoms with Crippen molar-refractivity contribution in [2.75, 3.05) is 0 Å². The predicted octanol–water partition coefficient (Wildman–Crippen LogP) is 5.13. The largest absolute Gasteiger partial charge is 0.0648 e. The van der Waals surface area contributed by atoms with Gasteiger partial charge in [0, 0.05) is 0 Å². The zero-order valence-corrected chi connectivity index (χ0v) is 11.9. The van der Waals surface area contributed by atoms with E-state index in [1.165, 1.54) is 19.3 Å². The molecule has 2 unspecified atom stereocenters. The minimum absolute atomic E-state index is 0.502. The van der Waals surface area contributed by atoms with Gasteiger partial charge >= 0.3 is 0 Å². The maximum atomic E-state index is 2.55. The molecule has 15 heavy (non-hydrogen) atoms. The minimum atomic E-state index is 0.502. The van der Waals surface area contributed by atoms with E-state index in [4.69, 9.17) is 0 Å². The van der Waals surface area contributed by atoms with E-state index in [1.807, 2.05) is 0 Å². The van der Waals surface area contributed by atoms with Crippen LogP contribution in [0.1, 0.15) is 67.7 Å². The van der Waals surface area contributed by atoms with Crippen molar-refractivity contribution in [3.05, 3.63) is 0 Å². The van der Waals surface area contributed by atoms with E-state index in [9.17, 15) is 0 Å². The highest BCUT2D eigenvalue weighted by molar-refractivity contribution is 5.03. The molecule has 0 N–H and O–H groups in total. The molecule has 90 valence electrons. The van der Waals surface area contributed by atoms with E-state index in [2.05, 4.69) is 48.5 Å². The fourth-order valence-corrected chi connectivity index (χ4v) is 3.69. The fraction of sp³-hybridized carbons (Fsp3) is 1.00. The van der Waals surface area contributed by atoms with Crippen LogP contribution in [-0.2, 0) is 0 Å². The van der Waals surface area contributed by atoms with Crippen molar-refractivity contribution in [3.8, 4) is 0 Å². The standard InChI is InChI=1S/C15H30/c1-8-14(6,11(2)3)15(7,12(4)5)13-9-10-13/h11-13H,8-10H2,1-7H3. The molecule has 0 saturated heterocycles. The molecular formula is C15H30. The number of hydrogen-bond acceptors (Lipinski definition) is 0. The van der Waals surface area contributed by atoms with Crippen molar-refractivity contribution >= 4 is 0 Å². The van der Waals surface area contributed by atoms with Crippen LogP contribution in [0.25, 0.3) is 0 Å². The second-order valence-electron chi connectivity index (χ2n) is 6.64. The van der Waals surface area contributed by atoms with Gasteiger partial charge in [0.2, 0.25) is 0 Å². The lowest BCUT2D eigenvalue weighted by Crippen LogP contribution is -2.46. The SMILES string of the molecule is CCC(C)(C(C)C)C(C)(C(C)C)C1CC1. The Morgan fingerprint density at radius 3 is 1.67 bits per heavy atom. The molecule has 0 bridgehead atoms. The van der Waals surface area contributed by atoms with Gasteiger partial charge in [-0.25, -0.2) is 0 Å². The molecule has 0 aromatic heterocycles. The third-order valence-electron chi connectivity index (χ3n) is 5.86. The quantitative estimate of drug-likeness (QED) is 0.590. The zero-order valence-electron chi connectivity index (χ0n) is 11.9. The van der Waals surface area contributed by atoms with Gasteiger partial charge in [0.1, 0.15) is 0 Å². The van der Waals surface area contributed by atoms with Crippen molar-refractivity contribution in [2.24, 2.45) is 28.6 Å². The van der Waals surface area contributed by atoms with Gasteiger partial charge in [-0.15, -0.1) is 0 Å². The van der Waals surface area contributed by atoms with Crippen molar-refractivity contribution in [2.45, 2.75) is 67.7 Å². The molecular weight excluding hydrogens is 180 g/mol. The summed E-state index contributed by atoms with van der Waals surface area (Å²) >= 11 is 0. The summed E-state index contributed by atoms with van der Waals surface area (Å²) in [7, 11) is 0. The summed E-state index contributed by atoms with van der Waals surface area (Å²) in [6.45, 7) is 17.1. The van der Waals surface area contributed by atoms with Crippen molar-refractivity contribution in [1.82, 2.24) is 0 Å². The van der Waals surface area contributed by atoms with Crippen molar-refractivity contribution in [3.63, 3.8) is 0 Å². The third kappa shape index (κ3) is 1.85. The average Bonchev–Trinajstić information content (AvgIpc) is 2.97. The van der Waals surface area contributed by atoms with Crippen LogP contribution in [0.3, 0.4) is 0 Å². The van der Waals surface area contributed by atoms with Crippen LogP contribution in [0.4, 0.5) is 0 Å². The fourth-order valence-electron chi connectivity index (χ4n) is 3.69. The van der Waals surface area contributed by atoms with Gasteiger partial charge in [-0.05, 0) is 47.8 Å². The highest BCUT2D eigenvalue weighted by atomic mass is 14.6. The molecule has 1 aliphatic rings. The maximum Gasteiger partial charge on any atom is -0.0218 e. The smallest absolute Gasteiger partial charge is 0.0218 e. The van der Waals surface area contributed by atoms with E-state index >= 15 is 0 Å². The first-order valence-electron chi connectivity index (χ1n) is 6.80. The molecule has 1 fully saturated rings. The first-order chi connectivity index (χ1) is 6.80. The Bertz CT molecular complexity index is 208. The van der Waals surface area contributed by atoms with E-state index in [0.29, 0.717) is 10.8 Å². The normalized spacial score (nSPS) is 25.4. The summed E-state index contributed by atoms with van der Waals surface area (Å²) in [5.41, 5.74) is 1.04. The van der Waals surface area contributed by atoms with E-state index < -0.39 is 0 Å². The summed E-state index contributed by atoms with van der Waals surface area (Å²) in [5, 5.41) is 0. The third-order valence-corrected chi connectivity index (χ3v) is 5.86. The molecule has 0 heterocycles. The molecule has 0 amide bonds. The molecule has 0 aromatic carbocycles. The molecule has 2 atom stereocenters. The van der Waals surface area contributed by atoms with Crippen LogP contribution in [0.5, 0.6) is 0 Å². The lowest BCUT2D eigenvalue weighted by molar-refractivity contribution is -0.0428. The zero-order chi connectivity index (χ0) is 11.9. The summed E-state index contributed by atoms with van der Waals surface area (Å²) < 4.78 is 0. The Morgan fingerprint density at radius 2 is 1.47 bits per heavy atom. The topological polar surface area (TPSA) is 0 Å². The first kappa shape index (κ1) is 13.1. The summed E-state index contributed by atoms with van der Waals surface area (Å²) in [4.78, 5) is 0. The first-order valence-corrected chi connectivity index (χ1v) is 6.80. The lowest BCUT2D eigenvalue weighted by Gasteiger charge is -2.53. The van der Waals surface area contributed by atoms with Crippen LogP contribution in [0.2, 0.25) is 0 Å². The molecule has 0 aliphatic heterocycles. The highest BCUT2D eigenvalue weighted by Crippen LogP contribution is 2.62. The average molecular weight is 210 g/mol. The van der Waals surface area contributed by atoms with Crippen molar-refractivity contribution in [1.29, 1.82) is 0 Å². The summed E-state index contributed by atoms with van der Waals surface area (Å²) in [6, 6.07) is 0. The molecule has 1 rings (SSSR count). The van der Waals surface area contributed by atoms with Gasteiger partial charge in [-0.2, -0.15) is 0 Å². The Labute approximate surface area is 96.8 Å². The Kier molecular flexibility index (Phi) is 3.58. The lowest BCUT2D eigenvalue weighted by atomic mass is 9.52. The summed E-state index contributed by atoms with van der Waals surface area (Å²) in [6.07, 6.45) is 4.25. The molecule has 0 aromatic rings. The van der Waals surface area contributed by atoms with E-state index in [1.54, 1.807) is 0 Å². The molecule has 0 radical (unpaired) electrons. The molecule has 1 saturated carbocycles. The number of hydrogen-bond donors (Lipinski definition) is 0. The second-order valence-corrected chi connectivity index (χ2v) is 6.64. The van der Waals surface area contributed by atoms with Crippen LogP contribution in [0, 0.1) is 28.6 Å². The van der Waals surface area contributed by atoms with Crippen LogP contribution in [0.15, 0.2) is 0 Å². The van der Waals surface area contributed by atoms with Gasteiger partial charge in [0.05, 0.1) is 0 Å². The Hall–Kier alpha value is 0. The predicted molar refractivity (Wildman–Crippen MR) is 68.9 cm³/mol.